The number of carbonyl (C=O) groups is 1. The van der Waals surface area contributed by atoms with E-state index in [-0.39, 0.29) is 5.91 Å². The minimum absolute atomic E-state index is 0.0489. The molecule has 1 saturated heterocycles. The number of likely N-dealkylation sites (tertiary alicyclic amines) is 1. The van der Waals surface area contributed by atoms with E-state index in [1.54, 1.807) is 5.38 Å². The molecule has 16 heavy (non-hydrogen) atoms. The molecule has 1 aromatic heterocycles. The average molecular weight is 239 g/mol. The lowest BCUT2D eigenvalue weighted by atomic mass is 10.1. The standard InChI is InChI=1S/C11H17N3OS/c1-7-3-8(2)14(5-7)11(15)9-6-16-10(4-12)13-9/h6-8H,3-5,12H2,1-2H3. The highest BCUT2D eigenvalue weighted by atomic mass is 32.1. The van der Waals surface area contributed by atoms with Gasteiger partial charge in [0.05, 0.1) is 0 Å². The molecule has 4 nitrogen and oxygen atoms in total. The molecule has 1 fully saturated rings. The maximum Gasteiger partial charge on any atom is 0.273 e. The van der Waals surface area contributed by atoms with Crippen molar-refractivity contribution in [2.24, 2.45) is 11.7 Å². The van der Waals surface area contributed by atoms with Gasteiger partial charge in [-0.05, 0) is 19.3 Å². The van der Waals surface area contributed by atoms with Crippen molar-refractivity contribution in [3.8, 4) is 0 Å². The topological polar surface area (TPSA) is 59.2 Å². The first-order valence-corrected chi connectivity index (χ1v) is 6.45. The van der Waals surface area contributed by atoms with Crippen molar-refractivity contribution in [3.63, 3.8) is 0 Å². The van der Waals surface area contributed by atoms with Crippen LogP contribution in [0.25, 0.3) is 0 Å². The summed E-state index contributed by atoms with van der Waals surface area (Å²) >= 11 is 1.46. The molecule has 2 unspecified atom stereocenters. The third-order valence-electron chi connectivity index (χ3n) is 2.99. The number of thiazole rings is 1. The van der Waals surface area contributed by atoms with Gasteiger partial charge in [-0.15, -0.1) is 11.3 Å². The van der Waals surface area contributed by atoms with Crippen molar-refractivity contribution >= 4 is 17.2 Å². The summed E-state index contributed by atoms with van der Waals surface area (Å²) in [5, 5.41) is 2.63. The third-order valence-corrected chi connectivity index (χ3v) is 3.86. The molecule has 1 amide bonds. The Labute approximate surface area is 99.5 Å². The molecule has 0 aliphatic carbocycles. The van der Waals surface area contributed by atoms with Crippen molar-refractivity contribution in [2.75, 3.05) is 6.54 Å². The summed E-state index contributed by atoms with van der Waals surface area (Å²) in [6, 6.07) is 0.325. The number of hydrogen-bond donors (Lipinski definition) is 1. The lowest BCUT2D eigenvalue weighted by Gasteiger charge is -2.20. The van der Waals surface area contributed by atoms with Crippen LogP contribution in [-0.2, 0) is 6.54 Å². The van der Waals surface area contributed by atoms with Gasteiger partial charge < -0.3 is 10.6 Å². The van der Waals surface area contributed by atoms with E-state index in [1.165, 1.54) is 11.3 Å². The summed E-state index contributed by atoms with van der Waals surface area (Å²) in [5.41, 5.74) is 6.04. The number of rotatable bonds is 2. The molecule has 2 heterocycles. The Morgan fingerprint density at radius 3 is 2.94 bits per heavy atom. The van der Waals surface area contributed by atoms with Gasteiger partial charge in [0.2, 0.25) is 0 Å². The maximum absolute atomic E-state index is 12.2. The van der Waals surface area contributed by atoms with Crippen LogP contribution in [-0.4, -0.2) is 28.4 Å². The summed E-state index contributed by atoms with van der Waals surface area (Å²) in [6.45, 7) is 5.52. The molecule has 2 rings (SSSR count). The van der Waals surface area contributed by atoms with Gasteiger partial charge in [-0.3, -0.25) is 4.79 Å². The van der Waals surface area contributed by atoms with E-state index in [9.17, 15) is 4.79 Å². The molecule has 1 aliphatic rings. The highest BCUT2D eigenvalue weighted by molar-refractivity contribution is 7.09. The normalized spacial score (nSPS) is 25.1. The molecule has 0 spiro atoms. The fourth-order valence-electron chi connectivity index (χ4n) is 2.23. The maximum atomic E-state index is 12.2. The lowest BCUT2D eigenvalue weighted by molar-refractivity contribution is 0.0738. The van der Waals surface area contributed by atoms with Gasteiger partial charge in [0, 0.05) is 24.5 Å². The predicted octanol–water partition coefficient (Wildman–Crippen LogP) is 1.47. The van der Waals surface area contributed by atoms with Crippen LogP contribution in [0.4, 0.5) is 0 Å². The Morgan fingerprint density at radius 2 is 2.44 bits per heavy atom. The van der Waals surface area contributed by atoms with Gasteiger partial charge in [-0.2, -0.15) is 0 Å². The summed E-state index contributed by atoms with van der Waals surface area (Å²) in [7, 11) is 0. The quantitative estimate of drug-likeness (QED) is 0.850. The zero-order valence-electron chi connectivity index (χ0n) is 9.64. The zero-order chi connectivity index (χ0) is 11.7. The molecule has 1 aromatic rings. The summed E-state index contributed by atoms with van der Waals surface area (Å²) < 4.78 is 0. The van der Waals surface area contributed by atoms with Crippen LogP contribution in [0.2, 0.25) is 0 Å². The minimum atomic E-state index is 0.0489. The first-order chi connectivity index (χ1) is 7.61. The SMILES string of the molecule is CC1CC(C)N(C(=O)c2csc(CN)n2)C1. The van der Waals surface area contributed by atoms with E-state index < -0.39 is 0 Å². The molecule has 0 aromatic carbocycles. The van der Waals surface area contributed by atoms with Crippen molar-refractivity contribution in [2.45, 2.75) is 32.9 Å². The van der Waals surface area contributed by atoms with Crippen LogP contribution < -0.4 is 5.73 Å². The molecule has 2 atom stereocenters. The van der Waals surface area contributed by atoms with Crippen LogP contribution in [0, 0.1) is 5.92 Å². The summed E-state index contributed by atoms with van der Waals surface area (Å²) in [4.78, 5) is 18.3. The summed E-state index contributed by atoms with van der Waals surface area (Å²) in [5.74, 6) is 0.638. The molecule has 5 heteroatoms. The predicted molar refractivity (Wildman–Crippen MR) is 64.3 cm³/mol. The van der Waals surface area contributed by atoms with E-state index in [1.807, 2.05) is 4.90 Å². The highest BCUT2D eigenvalue weighted by Crippen LogP contribution is 2.24. The Balaban J connectivity index is 2.13. The van der Waals surface area contributed by atoms with Crippen LogP contribution in [0.3, 0.4) is 0 Å². The van der Waals surface area contributed by atoms with Crippen LogP contribution >= 0.6 is 11.3 Å². The van der Waals surface area contributed by atoms with Gasteiger partial charge in [-0.25, -0.2) is 4.98 Å². The van der Waals surface area contributed by atoms with Crippen molar-refractivity contribution in [1.29, 1.82) is 0 Å². The van der Waals surface area contributed by atoms with Crippen LogP contribution in [0.15, 0.2) is 5.38 Å². The second-order valence-electron chi connectivity index (χ2n) is 4.48. The van der Waals surface area contributed by atoms with Gasteiger partial charge in [-0.1, -0.05) is 6.92 Å². The average Bonchev–Trinajstić information content (AvgIpc) is 2.84. The van der Waals surface area contributed by atoms with Crippen molar-refractivity contribution < 1.29 is 4.79 Å². The Kier molecular flexibility index (Phi) is 3.25. The van der Waals surface area contributed by atoms with Crippen molar-refractivity contribution in [3.05, 3.63) is 16.1 Å². The van der Waals surface area contributed by atoms with Crippen molar-refractivity contribution in [1.82, 2.24) is 9.88 Å². The van der Waals surface area contributed by atoms with E-state index in [0.29, 0.717) is 24.2 Å². The number of nitrogens with zero attached hydrogens (tertiary/aromatic N) is 2. The lowest BCUT2D eigenvalue weighted by Crippen LogP contribution is -2.34. The number of nitrogens with two attached hydrogens (primary N) is 1. The molecule has 0 radical (unpaired) electrons. The monoisotopic (exact) mass is 239 g/mol. The Bertz CT molecular complexity index is 390. The van der Waals surface area contributed by atoms with E-state index in [4.69, 9.17) is 5.73 Å². The first-order valence-electron chi connectivity index (χ1n) is 5.57. The van der Waals surface area contributed by atoms with E-state index in [0.717, 1.165) is 18.0 Å². The smallest absolute Gasteiger partial charge is 0.273 e. The zero-order valence-corrected chi connectivity index (χ0v) is 10.5. The van der Waals surface area contributed by atoms with Gasteiger partial charge in [0.1, 0.15) is 10.7 Å². The fraction of sp³-hybridized carbons (Fsp3) is 0.636. The second kappa shape index (κ2) is 4.51. The largest absolute Gasteiger partial charge is 0.334 e. The molecule has 0 saturated carbocycles. The molecule has 2 N–H and O–H groups in total. The Morgan fingerprint density at radius 1 is 1.69 bits per heavy atom. The first kappa shape index (κ1) is 11.5. The van der Waals surface area contributed by atoms with Crippen LogP contribution in [0.5, 0.6) is 0 Å². The van der Waals surface area contributed by atoms with E-state index >= 15 is 0 Å². The number of carbonyl (C=O) groups excluding carboxylic acids is 1. The fourth-order valence-corrected chi connectivity index (χ4v) is 2.88. The van der Waals surface area contributed by atoms with Gasteiger partial charge in [0.15, 0.2) is 0 Å². The highest BCUT2D eigenvalue weighted by Gasteiger charge is 2.31. The third kappa shape index (κ3) is 2.10. The number of amides is 1. The molecule has 1 aliphatic heterocycles. The second-order valence-corrected chi connectivity index (χ2v) is 5.42. The van der Waals surface area contributed by atoms with Gasteiger partial charge >= 0.3 is 0 Å². The molecular weight excluding hydrogens is 222 g/mol. The van der Waals surface area contributed by atoms with Gasteiger partial charge in [0.25, 0.3) is 5.91 Å². The molecule has 88 valence electrons. The Hall–Kier alpha value is -0.940. The minimum Gasteiger partial charge on any atom is -0.334 e. The van der Waals surface area contributed by atoms with E-state index in [2.05, 4.69) is 18.8 Å². The molecular formula is C11H17N3OS. The number of hydrogen-bond acceptors (Lipinski definition) is 4. The van der Waals surface area contributed by atoms with Crippen LogP contribution in [0.1, 0.15) is 35.8 Å². The molecule has 0 bridgehead atoms. The number of aromatic nitrogens is 1. The summed E-state index contributed by atoms with van der Waals surface area (Å²) in [6.07, 6.45) is 1.08.